The normalized spacial score (nSPS) is 13.9. The molecule has 3 amide bonds. The molecule has 10 heteroatoms. The minimum absolute atomic E-state index is 0.0874. The van der Waals surface area contributed by atoms with E-state index in [1.54, 1.807) is 0 Å². The molecule has 0 atom stereocenters. The van der Waals surface area contributed by atoms with Gasteiger partial charge in [-0.15, -0.1) is 0 Å². The molecule has 0 spiro atoms. The van der Waals surface area contributed by atoms with E-state index in [4.69, 9.17) is 4.98 Å². The Labute approximate surface area is 262 Å². The number of carbonyl (C=O) groups excluding carboxylic acids is 2. The third-order valence-electron chi connectivity index (χ3n) is 8.13. The molecule has 3 aromatic rings. The molecule has 0 saturated carbocycles. The number of carbonyl (C=O) groups is 2. The molecule has 4 rings (SSSR count). The van der Waals surface area contributed by atoms with Gasteiger partial charge in [-0.1, -0.05) is 34.1 Å². The van der Waals surface area contributed by atoms with Crippen molar-refractivity contribution in [1.82, 2.24) is 24.8 Å². The molecule has 0 radical (unpaired) electrons. The Bertz CT molecular complexity index is 1330. The van der Waals surface area contributed by atoms with Crippen molar-refractivity contribution in [3.8, 4) is 0 Å². The monoisotopic (exact) mass is 605 g/mol. The molecule has 0 aliphatic carbocycles. The highest BCUT2D eigenvalue weighted by atomic mass is 16.6. The van der Waals surface area contributed by atoms with Crippen LogP contribution in [0, 0.1) is 11.8 Å². The molecular formula is C34H51N7O3. The Morgan fingerprint density at radius 2 is 1.57 bits per heavy atom. The van der Waals surface area contributed by atoms with E-state index >= 15 is 0 Å². The molecule has 1 aliphatic rings. The standard InChI is InChI=1S/C34H51N7O3/c1-25(2)16-22-40(23-17-26(3)4)32(42)27-10-15-30-31(24-27)41(21-9-20-39-18-7-6-8-19-39)33(37-30)35-28-11-13-29(14-12-28)36-34(43)38-44-5/h10-15,24-26H,6-9,16-23H2,1-5H3,(H,35,37)(H2,36,38,43). The summed E-state index contributed by atoms with van der Waals surface area (Å²) in [4.78, 5) is 39.8. The first kappa shape index (κ1) is 33.3. The van der Waals surface area contributed by atoms with Crippen LogP contribution in [-0.4, -0.2) is 71.1 Å². The molecule has 2 aromatic carbocycles. The number of anilines is 3. The lowest BCUT2D eigenvalue weighted by Crippen LogP contribution is -2.34. The maximum Gasteiger partial charge on any atom is 0.343 e. The maximum atomic E-state index is 13.8. The molecule has 1 fully saturated rings. The van der Waals surface area contributed by atoms with Gasteiger partial charge in [-0.25, -0.2) is 15.3 Å². The van der Waals surface area contributed by atoms with Gasteiger partial charge in [-0.05, 0) is 106 Å². The van der Waals surface area contributed by atoms with Gasteiger partial charge in [0.05, 0.1) is 18.1 Å². The molecule has 2 heterocycles. The van der Waals surface area contributed by atoms with Crippen LogP contribution in [-0.2, 0) is 11.4 Å². The Balaban J connectivity index is 1.59. The van der Waals surface area contributed by atoms with Gasteiger partial charge < -0.3 is 25.0 Å². The number of piperidine rings is 1. The minimum Gasteiger partial charge on any atom is -0.339 e. The lowest BCUT2D eigenvalue weighted by molar-refractivity contribution is 0.0741. The molecular weight excluding hydrogens is 554 g/mol. The van der Waals surface area contributed by atoms with Gasteiger partial charge in [0.25, 0.3) is 5.91 Å². The molecule has 0 bridgehead atoms. The van der Waals surface area contributed by atoms with E-state index < -0.39 is 6.03 Å². The molecule has 44 heavy (non-hydrogen) atoms. The van der Waals surface area contributed by atoms with Crippen LogP contribution in [0.25, 0.3) is 11.0 Å². The summed E-state index contributed by atoms with van der Waals surface area (Å²) in [5.41, 5.74) is 6.25. The third kappa shape index (κ3) is 9.69. The average Bonchev–Trinajstić information content (AvgIpc) is 3.34. The Hall–Kier alpha value is -3.63. The number of nitrogens with one attached hydrogen (secondary N) is 3. The summed E-state index contributed by atoms with van der Waals surface area (Å²) < 4.78 is 2.21. The topological polar surface area (TPSA) is 104 Å². The number of hydrogen-bond donors (Lipinski definition) is 3. The lowest BCUT2D eigenvalue weighted by Gasteiger charge is -2.26. The highest BCUT2D eigenvalue weighted by molar-refractivity contribution is 5.98. The van der Waals surface area contributed by atoms with Crippen molar-refractivity contribution < 1.29 is 14.4 Å². The SMILES string of the molecule is CONC(=O)Nc1ccc(Nc2nc3ccc(C(=O)N(CCC(C)C)CCC(C)C)cc3n2CCCN2CCCCC2)cc1. The van der Waals surface area contributed by atoms with E-state index in [0.29, 0.717) is 23.1 Å². The number of benzene rings is 2. The van der Waals surface area contributed by atoms with Crippen LogP contribution in [0.15, 0.2) is 42.5 Å². The van der Waals surface area contributed by atoms with Gasteiger partial charge in [-0.3, -0.25) is 9.63 Å². The number of amides is 3. The number of rotatable bonds is 15. The number of aryl methyl sites for hydroxylation is 1. The second-order valence-electron chi connectivity index (χ2n) is 12.7. The first-order chi connectivity index (χ1) is 21.2. The molecule has 240 valence electrons. The number of urea groups is 1. The van der Waals surface area contributed by atoms with Crippen molar-refractivity contribution in [3.05, 3.63) is 48.0 Å². The number of hydrogen-bond acceptors (Lipinski definition) is 6. The highest BCUT2D eigenvalue weighted by Crippen LogP contribution is 2.26. The second kappa shape index (κ2) is 16.4. The van der Waals surface area contributed by atoms with E-state index in [0.717, 1.165) is 68.1 Å². The zero-order valence-corrected chi connectivity index (χ0v) is 27.2. The Morgan fingerprint density at radius 1 is 0.909 bits per heavy atom. The molecule has 1 aromatic heterocycles. The number of fused-ring (bicyclic) bond motifs is 1. The minimum atomic E-state index is -0.443. The Morgan fingerprint density at radius 3 is 2.20 bits per heavy atom. The van der Waals surface area contributed by atoms with Crippen molar-refractivity contribution in [2.75, 3.05) is 50.5 Å². The fraction of sp³-hybridized carbons (Fsp3) is 0.559. The van der Waals surface area contributed by atoms with E-state index in [2.05, 4.69) is 58.1 Å². The van der Waals surface area contributed by atoms with Crippen molar-refractivity contribution in [2.45, 2.75) is 72.8 Å². The van der Waals surface area contributed by atoms with Crippen LogP contribution in [0.2, 0.25) is 0 Å². The molecule has 3 N–H and O–H groups in total. The van der Waals surface area contributed by atoms with Crippen LogP contribution in [0.4, 0.5) is 22.1 Å². The average molecular weight is 606 g/mol. The number of aromatic nitrogens is 2. The summed E-state index contributed by atoms with van der Waals surface area (Å²) in [7, 11) is 1.39. The van der Waals surface area contributed by atoms with Crippen LogP contribution >= 0.6 is 0 Å². The number of likely N-dealkylation sites (tertiary alicyclic amines) is 1. The van der Waals surface area contributed by atoms with Crippen LogP contribution in [0.1, 0.15) is 76.6 Å². The van der Waals surface area contributed by atoms with Gasteiger partial charge in [0, 0.05) is 36.6 Å². The summed E-state index contributed by atoms with van der Waals surface area (Å²) in [6, 6.07) is 12.9. The summed E-state index contributed by atoms with van der Waals surface area (Å²) in [6.45, 7) is 14.5. The summed E-state index contributed by atoms with van der Waals surface area (Å²) >= 11 is 0. The summed E-state index contributed by atoms with van der Waals surface area (Å²) in [5.74, 6) is 1.89. The van der Waals surface area contributed by atoms with Gasteiger partial charge >= 0.3 is 6.03 Å². The second-order valence-corrected chi connectivity index (χ2v) is 12.7. The smallest absolute Gasteiger partial charge is 0.339 e. The fourth-order valence-corrected chi connectivity index (χ4v) is 5.55. The predicted molar refractivity (Wildman–Crippen MR) is 178 cm³/mol. The van der Waals surface area contributed by atoms with Crippen LogP contribution in [0.3, 0.4) is 0 Å². The first-order valence-electron chi connectivity index (χ1n) is 16.2. The quantitative estimate of drug-likeness (QED) is 0.163. The number of nitrogens with zero attached hydrogens (tertiary/aromatic N) is 4. The van der Waals surface area contributed by atoms with Crippen molar-refractivity contribution in [2.24, 2.45) is 11.8 Å². The van der Waals surface area contributed by atoms with Crippen molar-refractivity contribution >= 4 is 40.3 Å². The summed E-state index contributed by atoms with van der Waals surface area (Å²) in [5, 5.41) is 6.20. The first-order valence-corrected chi connectivity index (χ1v) is 16.2. The Kier molecular flexibility index (Phi) is 12.4. The zero-order valence-electron chi connectivity index (χ0n) is 27.2. The van der Waals surface area contributed by atoms with E-state index in [1.807, 2.05) is 47.4 Å². The van der Waals surface area contributed by atoms with Crippen molar-refractivity contribution in [3.63, 3.8) is 0 Å². The molecule has 0 unspecified atom stereocenters. The fourth-order valence-electron chi connectivity index (χ4n) is 5.55. The molecule has 1 aliphatic heterocycles. The third-order valence-corrected chi connectivity index (χ3v) is 8.13. The zero-order chi connectivity index (χ0) is 31.5. The van der Waals surface area contributed by atoms with Crippen LogP contribution < -0.4 is 16.1 Å². The van der Waals surface area contributed by atoms with Gasteiger partial charge in [0.1, 0.15) is 0 Å². The molecule has 1 saturated heterocycles. The van der Waals surface area contributed by atoms with E-state index in [9.17, 15) is 9.59 Å². The summed E-state index contributed by atoms with van der Waals surface area (Å²) in [6.07, 6.45) is 6.83. The maximum absolute atomic E-state index is 13.8. The van der Waals surface area contributed by atoms with E-state index in [1.165, 1.54) is 39.5 Å². The van der Waals surface area contributed by atoms with Gasteiger partial charge in [0.2, 0.25) is 5.95 Å². The van der Waals surface area contributed by atoms with Gasteiger partial charge in [-0.2, -0.15) is 0 Å². The molecule has 10 nitrogen and oxygen atoms in total. The largest absolute Gasteiger partial charge is 0.343 e. The number of hydroxylamine groups is 1. The highest BCUT2D eigenvalue weighted by Gasteiger charge is 2.20. The predicted octanol–water partition coefficient (Wildman–Crippen LogP) is 6.87. The number of imidazole rings is 1. The van der Waals surface area contributed by atoms with E-state index in [-0.39, 0.29) is 5.91 Å². The van der Waals surface area contributed by atoms with Crippen LogP contribution in [0.5, 0.6) is 0 Å². The van der Waals surface area contributed by atoms with Crippen molar-refractivity contribution in [1.29, 1.82) is 0 Å². The van der Waals surface area contributed by atoms with Gasteiger partial charge in [0.15, 0.2) is 0 Å². The lowest BCUT2D eigenvalue weighted by atomic mass is 10.1.